The van der Waals surface area contributed by atoms with Crippen molar-refractivity contribution >= 4 is 18.6 Å². The number of esters is 1. The molecule has 0 radical (unpaired) electrons. The molecular weight excluding hydrogens is 232 g/mol. The van der Waals surface area contributed by atoms with Gasteiger partial charge in [0.2, 0.25) is 0 Å². The molecule has 3 heteroatoms. The average Bonchev–Trinajstić information content (AvgIpc) is 3.04. The number of thiol groups is 1. The third-order valence-electron chi connectivity index (χ3n) is 4.66. The summed E-state index contributed by atoms with van der Waals surface area (Å²) in [5, 5.41) is 0. The zero-order chi connectivity index (χ0) is 12.5. The van der Waals surface area contributed by atoms with E-state index in [1.54, 1.807) is 0 Å². The van der Waals surface area contributed by atoms with Crippen molar-refractivity contribution in [3.63, 3.8) is 0 Å². The van der Waals surface area contributed by atoms with Crippen molar-refractivity contribution in [1.82, 2.24) is 0 Å². The molecule has 0 spiro atoms. The summed E-state index contributed by atoms with van der Waals surface area (Å²) in [5.41, 5.74) is 0.188. The van der Waals surface area contributed by atoms with Gasteiger partial charge < -0.3 is 4.74 Å². The van der Waals surface area contributed by atoms with Crippen LogP contribution in [0.2, 0.25) is 0 Å². The number of hydrogen-bond acceptors (Lipinski definition) is 3. The van der Waals surface area contributed by atoms with Crippen molar-refractivity contribution in [1.29, 1.82) is 0 Å². The first-order valence-corrected chi connectivity index (χ1v) is 7.48. The Bertz CT molecular complexity index is 286. The SMILES string of the molecule is CC1CCC(OC(=O)CC2(CS)CC2)CC1C. The molecule has 0 amide bonds. The van der Waals surface area contributed by atoms with Crippen LogP contribution in [0.1, 0.15) is 52.4 Å². The van der Waals surface area contributed by atoms with E-state index in [-0.39, 0.29) is 17.5 Å². The Morgan fingerprint density at radius 2 is 2.00 bits per heavy atom. The predicted octanol–water partition coefficient (Wildman–Crippen LogP) is 3.45. The van der Waals surface area contributed by atoms with Gasteiger partial charge in [0.25, 0.3) is 0 Å². The van der Waals surface area contributed by atoms with Gasteiger partial charge in [-0.2, -0.15) is 12.6 Å². The van der Waals surface area contributed by atoms with Gasteiger partial charge in [-0.1, -0.05) is 13.8 Å². The van der Waals surface area contributed by atoms with E-state index >= 15 is 0 Å². The zero-order valence-corrected chi connectivity index (χ0v) is 11.8. The summed E-state index contributed by atoms with van der Waals surface area (Å²) in [7, 11) is 0. The van der Waals surface area contributed by atoms with E-state index in [1.165, 1.54) is 6.42 Å². The van der Waals surface area contributed by atoms with Crippen LogP contribution in [0.3, 0.4) is 0 Å². The minimum absolute atomic E-state index is 0.00306. The Labute approximate surface area is 110 Å². The van der Waals surface area contributed by atoms with Gasteiger partial charge in [-0.15, -0.1) is 0 Å². The van der Waals surface area contributed by atoms with E-state index < -0.39 is 0 Å². The number of ether oxygens (including phenoxy) is 1. The molecule has 0 heterocycles. The van der Waals surface area contributed by atoms with Crippen LogP contribution in [0.5, 0.6) is 0 Å². The lowest BCUT2D eigenvalue weighted by atomic mass is 9.80. The van der Waals surface area contributed by atoms with Crippen LogP contribution in [-0.2, 0) is 9.53 Å². The Hall–Kier alpha value is -0.180. The fraction of sp³-hybridized carbons (Fsp3) is 0.929. The van der Waals surface area contributed by atoms with Crippen LogP contribution in [0.25, 0.3) is 0 Å². The Morgan fingerprint density at radius 1 is 1.29 bits per heavy atom. The van der Waals surface area contributed by atoms with Gasteiger partial charge in [0.15, 0.2) is 0 Å². The molecule has 0 N–H and O–H groups in total. The molecule has 2 nitrogen and oxygen atoms in total. The number of carbonyl (C=O) groups excluding carboxylic acids is 1. The minimum atomic E-state index is 0.00306. The van der Waals surface area contributed by atoms with Gasteiger partial charge >= 0.3 is 5.97 Å². The first kappa shape index (κ1) is 13.3. The van der Waals surface area contributed by atoms with Crippen LogP contribution in [0.15, 0.2) is 0 Å². The quantitative estimate of drug-likeness (QED) is 0.616. The highest BCUT2D eigenvalue weighted by molar-refractivity contribution is 7.80. The molecule has 2 aliphatic carbocycles. The van der Waals surface area contributed by atoms with E-state index in [4.69, 9.17) is 4.74 Å². The van der Waals surface area contributed by atoms with E-state index in [0.29, 0.717) is 12.3 Å². The van der Waals surface area contributed by atoms with Crippen molar-refractivity contribution in [2.45, 2.75) is 58.5 Å². The van der Waals surface area contributed by atoms with Gasteiger partial charge in [0.05, 0.1) is 6.42 Å². The highest BCUT2D eigenvalue weighted by Crippen LogP contribution is 2.49. The lowest BCUT2D eigenvalue weighted by Gasteiger charge is -2.31. The second kappa shape index (κ2) is 5.21. The van der Waals surface area contributed by atoms with Gasteiger partial charge in [0, 0.05) is 0 Å². The van der Waals surface area contributed by atoms with E-state index in [9.17, 15) is 4.79 Å². The summed E-state index contributed by atoms with van der Waals surface area (Å²) in [5.74, 6) is 2.28. The van der Waals surface area contributed by atoms with Crippen LogP contribution in [0.4, 0.5) is 0 Å². The largest absolute Gasteiger partial charge is 0.462 e. The van der Waals surface area contributed by atoms with Gasteiger partial charge in [-0.3, -0.25) is 4.79 Å². The molecule has 0 aromatic carbocycles. The summed E-state index contributed by atoms with van der Waals surface area (Å²) in [6.45, 7) is 4.56. The molecule has 0 aliphatic heterocycles. The van der Waals surface area contributed by atoms with Crippen molar-refractivity contribution in [3.05, 3.63) is 0 Å². The molecule has 98 valence electrons. The monoisotopic (exact) mass is 256 g/mol. The summed E-state index contributed by atoms with van der Waals surface area (Å²) < 4.78 is 5.61. The lowest BCUT2D eigenvalue weighted by Crippen LogP contribution is -2.29. The lowest BCUT2D eigenvalue weighted by molar-refractivity contribution is -0.153. The molecular formula is C14H24O2S. The minimum Gasteiger partial charge on any atom is -0.462 e. The summed E-state index contributed by atoms with van der Waals surface area (Å²) >= 11 is 4.32. The average molecular weight is 256 g/mol. The van der Waals surface area contributed by atoms with Crippen molar-refractivity contribution in [3.8, 4) is 0 Å². The standard InChI is InChI=1S/C14H24O2S/c1-10-3-4-12(7-11(10)2)16-13(15)8-14(9-17)5-6-14/h10-12,17H,3-9H2,1-2H3. The van der Waals surface area contributed by atoms with Crippen molar-refractivity contribution < 1.29 is 9.53 Å². The van der Waals surface area contributed by atoms with Gasteiger partial charge in [-0.25, -0.2) is 0 Å². The molecule has 0 aromatic rings. The highest BCUT2D eigenvalue weighted by Gasteiger charge is 2.43. The smallest absolute Gasteiger partial charge is 0.306 e. The van der Waals surface area contributed by atoms with Crippen LogP contribution < -0.4 is 0 Å². The van der Waals surface area contributed by atoms with Crippen molar-refractivity contribution in [2.24, 2.45) is 17.3 Å². The number of hydrogen-bond donors (Lipinski definition) is 1. The maximum atomic E-state index is 11.9. The van der Waals surface area contributed by atoms with Gasteiger partial charge in [-0.05, 0) is 55.1 Å². The van der Waals surface area contributed by atoms with E-state index in [1.807, 2.05) is 0 Å². The first-order valence-electron chi connectivity index (χ1n) is 6.85. The van der Waals surface area contributed by atoms with Crippen LogP contribution in [-0.4, -0.2) is 17.8 Å². The third kappa shape index (κ3) is 3.40. The van der Waals surface area contributed by atoms with Crippen LogP contribution in [0, 0.1) is 17.3 Å². The fourth-order valence-electron chi connectivity index (χ4n) is 2.71. The highest BCUT2D eigenvalue weighted by atomic mass is 32.1. The number of rotatable bonds is 4. The van der Waals surface area contributed by atoms with E-state index in [0.717, 1.165) is 37.4 Å². The molecule has 0 saturated heterocycles. The molecule has 2 aliphatic rings. The zero-order valence-electron chi connectivity index (χ0n) is 10.9. The molecule has 3 atom stereocenters. The second-order valence-electron chi connectivity index (χ2n) is 6.21. The molecule has 2 rings (SSSR count). The van der Waals surface area contributed by atoms with Crippen LogP contribution >= 0.6 is 12.6 Å². The molecule has 3 unspecified atom stereocenters. The predicted molar refractivity (Wildman–Crippen MR) is 72.2 cm³/mol. The van der Waals surface area contributed by atoms with Gasteiger partial charge in [0.1, 0.15) is 6.10 Å². The fourth-order valence-corrected chi connectivity index (χ4v) is 3.13. The summed E-state index contributed by atoms with van der Waals surface area (Å²) in [4.78, 5) is 11.9. The Balaban J connectivity index is 1.75. The maximum Gasteiger partial charge on any atom is 0.306 e. The molecule has 2 fully saturated rings. The maximum absolute atomic E-state index is 11.9. The molecule has 0 aromatic heterocycles. The topological polar surface area (TPSA) is 26.3 Å². The Morgan fingerprint density at radius 3 is 2.53 bits per heavy atom. The molecule has 17 heavy (non-hydrogen) atoms. The molecule has 2 saturated carbocycles. The van der Waals surface area contributed by atoms with Crippen molar-refractivity contribution in [2.75, 3.05) is 5.75 Å². The summed E-state index contributed by atoms with van der Waals surface area (Å²) in [6.07, 6.45) is 6.32. The van der Waals surface area contributed by atoms with E-state index in [2.05, 4.69) is 26.5 Å². The first-order chi connectivity index (χ1) is 8.04. The second-order valence-corrected chi connectivity index (χ2v) is 6.53. The number of carbonyl (C=O) groups is 1. The summed E-state index contributed by atoms with van der Waals surface area (Å²) in [6, 6.07) is 0. The normalized spacial score (nSPS) is 35.4. The third-order valence-corrected chi connectivity index (χ3v) is 5.33. The Kier molecular flexibility index (Phi) is 4.06. The molecule has 0 bridgehead atoms.